The van der Waals surface area contributed by atoms with Crippen LogP contribution in [0.5, 0.6) is 11.5 Å². The number of ether oxygens (including phenoxy) is 2. The molecule has 1 amide bonds. The third-order valence-electron chi connectivity index (χ3n) is 7.99. The van der Waals surface area contributed by atoms with Gasteiger partial charge in [-0.3, -0.25) is 19.1 Å². The number of carbonyl (C=O) groups is 1. The molecule has 44 heavy (non-hydrogen) atoms. The maximum Gasteiger partial charge on any atom is 0.270 e. The summed E-state index contributed by atoms with van der Waals surface area (Å²) in [4.78, 5) is 33.3. The SMILES string of the molecule is CCCn1c(N2CCN(c3ccccc3F)CC2)c(/C=C2\SC(=S)N(Cc3ccc4c(c3)OCO4)C2=O)c(C)c(C#N)c1=O. The van der Waals surface area contributed by atoms with Crippen LogP contribution in [0.2, 0.25) is 0 Å². The van der Waals surface area contributed by atoms with Gasteiger partial charge in [0.1, 0.15) is 27.6 Å². The molecule has 1 aromatic heterocycles. The lowest BCUT2D eigenvalue weighted by atomic mass is 10.0. The van der Waals surface area contributed by atoms with Crippen molar-refractivity contribution in [1.82, 2.24) is 9.47 Å². The molecule has 2 aromatic carbocycles. The molecule has 9 nitrogen and oxygen atoms in total. The number of nitrogens with zero attached hydrogens (tertiary/aromatic N) is 5. The fraction of sp³-hybridized carbons (Fsp3) is 0.312. The molecule has 12 heteroatoms. The number of halogens is 1. The average molecular weight is 632 g/mol. The third-order valence-corrected chi connectivity index (χ3v) is 9.37. The number of amides is 1. The number of anilines is 2. The summed E-state index contributed by atoms with van der Waals surface area (Å²) in [5.41, 5.74) is 2.23. The van der Waals surface area contributed by atoms with Crippen molar-refractivity contribution in [2.24, 2.45) is 0 Å². The van der Waals surface area contributed by atoms with Crippen molar-refractivity contribution in [3.05, 3.63) is 85.8 Å². The number of nitriles is 1. The van der Waals surface area contributed by atoms with E-state index in [4.69, 9.17) is 21.7 Å². The van der Waals surface area contributed by atoms with E-state index in [1.807, 2.05) is 36.1 Å². The fourth-order valence-corrected chi connectivity index (χ4v) is 7.01. The minimum Gasteiger partial charge on any atom is -0.454 e. The van der Waals surface area contributed by atoms with Crippen LogP contribution >= 0.6 is 24.0 Å². The van der Waals surface area contributed by atoms with Crippen molar-refractivity contribution in [2.75, 3.05) is 42.8 Å². The smallest absolute Gasteiger partial charge is 0.270 e. The molecule has 0 radical (unpaired) electrons. The summed E-state index contributed by atoms with van der Waals surface area (Å²) < 4.78 is 27.5. The minimum atomic E-state index is -0.356. The van der Waals surface area contributed by atoms with Crippen molar-refractivity contribution in [2.45, 2.75) is 33.4 Å². The predicted octanol–water partition coefficient (Wildman–Crippen LogP) is 5.03. The van der Waals surface area contributed by atoms with E-state index < -0.39 is 0 Å². The summed E-state index contributed by atoms with van der Waals surface area (Å²) in [5.74, 6) is 1.41. The first-order valence-electron chi connectivity index (χ1n) is 14.4. The standard InChI is InChI=1S/C32H30FN5O4S2/c1-3-10-37-29(36-13-11-35(12-14-36)25-7-5-4-6-24(25)33)22(20(2)23(17-34)30(37)39)16-28-31(40)38(32(43)44-28)18-21-8-9-26-27(15-21)42-19-41-26/h4-9,15-16H,3,10-14,18-19H2,1-2H3/b28-16-. The maximum absolute atomic E-state index is 14.5. The summed E-state index contributed by atoms with van der Waals surface area (Å²) >= 11 is 6.82. The number of para-hydroxylation sites is 1. The lowest BCUT2D eigenvalue weighted by molar-refractivity contribution is -0.122. The lowest BCUT2D eigenvalue weighted by Gasteiger charge is -2.39. The van der Waals surface area contributed by atoms with Crippen molar-refractivity contribution in [1.29, 1.82) is 5.26 Å². The highest BCUT2D eigenvalue weighted by atomic mass is 32.2. The van der Waals surface area contributed by atoms with Gasteiger partial charge in [0.05, 0.1) is 17.1 Å². The van der Waals surface area contributed by atoms with Gasteiger partial charge < -0.3 is 19.3 Å². The molecule has 0 spiro atoms. The second-order valence-electron chi connectivity index (χ2n) is 10.7. The molecule has 226 valence electrons. The Balaban J connectivity index is 1.35. The summed E-state index contributed by atoms with van der Waals surface area (Å²) in [6, 6.07) is 14.3. The molecule has 6 rings (SSSR count). The van der Waals surface area contributed by atoms with Crippen LogP contribution in [0.4, 0.5) is 15.9 Å². The number of carbonyl (C=O) groups excluding carboxylic acids is 1. The monoisotopic (exact) mass is 631 g/mol. The first-order chi connectivity index (χ1) is 21.3. The Morgan fingerprint density at radius 2 is 1.80 bits per heavy atom. The Bertz CT molecular complexity index is 1790. The quantitative estimate of drug-likeness (QED) is 0.263. The molecule has 0 saturated carbocycles. The van der Waals surface area contributed by atoms with Crippen LogP contribution in [0.15, 0.2) is 52.2 Å². The highest BCUT2D eigenvalue weighted by Gasteiger charge is 2.34. The number of rotatable bonds is 7. The second kappa shape index (κ2) is 12.3. The van der Waals surface area contributed by atoms with E-state index >= 15 is 0 Å². The maximum atomic E-state index is 14.5. The fourth-order valence-electron chi connectivity index (χ4n) is 5.77. The molecule has 0 unspecified atom stereocenters. The summed E-state index contributed by atoms with van der Waals surface area (Å²) in [6.45, 7) is 6.67. The third kappa shape index (κ3) is 5.42. The summed E-state index contributed by atoms with van der Waals surface area (Å²) in [5, 5.41) is 9.97. The van der Waals surface area contributed by atoms with Crippen LogP contribution in [0, 0.1) is 24.1 Å². The molecular formula is C32H30FN5O4S2. The van der Waals surface area contributed by atoms with Crippen molar-refractivity contribution < 1.29 is 18.7 Å². The number of piperazine rings is 1. The van der Waals surface area contributed by atoms with Crippen LogP contribution in [0.25, 0.3) is 6.08 Å². The minimum absolute atomic E-state index is 0.0503. The van der Waals surface area contributed by atoms with E-state index in [1.165, 1.54) is 17.8 Å². The topological polar surface area (TPSA) is 91.0 Å². The van der Waals surface area contributed by atoms with Gasteiger partial charge in [-0.2, -0.15) is 5.26 Å². The summed E-state index contributed by atoms with van der Waals surface area (Å²) in [6.07, 6.45) is 2.44. The Morgan fingerprint density at radius 1 is 1.07 bits per heavy atom. The van der Waals surface area contributed by atoms with Gasteiger partial charge in [-0.1, -0.05) is 49.1 Å². The Hall–Kier alpha value is -4.34. The zero-order chi connectivity index (χ0) is 31.0. The van der Waals surface area contributed by atoms with E-state index in [0.717, 1.165) is 5.56 Å². The number of pyridine rings is 1. The van der Waals surface area contributed by atoms with Gasteiger partial charge in [-0.25, -0.2) is 4.39 Å². The Kier molecular flexibility index (Phi) is 8.33. The van der Waals surface area contributed by atoms with Crippen LogP contribution < -0.4 is 24.8 Å². The molecule has 0 aliphatic carbocycles. The Labute approximate surface area is 264 Å². The Morgan fingerprint density at radius 3 is 2.52 bits per heavy atom. The molecule has 0 atom stereocenters. The molecule has 4 heterocycles. The number of fused-ring (bicyclic) bond motifs is 1. The number of hydrogen-bond donors (Lipinski definition) is 0. The number of hydrogen-bond acceptors (Lipinski definition) is 9. The van der Waals surface area contributed by atoms with Gasteiger partial charge in [0.15, 0.2) is 11.5 Å². The van der Waals surface area contributed by atoms with Crippen molar-refractivity contribution in [3.63, 3.8) is 0 Å². The molecule has 3 aliphatic rings. The van der Waals surface area contributed by atoms with Crippen molar-refractivity contribution >= 4 is 51.8 Å². The largest absolute Gasteiger partial charge is 0.454 e. The number of aromatic nitrogens is 1. The molecular weight excluding hydrogens is 602 g/mol. The van der Waals surface area contributed by atoms with Gasteiger partial charge in [-0.15, -0.1) is 0 Å². The molecule has 0 bridgehead atoms. The van der Waals surface area contributed by atoms with Gasteiger partial charge in [-0.05, 0) is 54.8 Å². The highest BCUT2D eigenvalue weighted by molar-refractivity contribution is 8.26. The second-order valence-corrected chi connectivity index (χ2v) is 12.4. The van der Waals surface area contributed by atoms with Gasteiger partial charge in [0, 0.05) is 38.3 Å². The van der Waals surface area contributed by atoms with Crippen molar-refractivity contribution in [3.8, 4) is 17.6 Å². The molecule has 0 N–H and O–H groups in total. The van der Waals surface area contributed by atoms with Crippen LogP contribution in [-0.4, -0.2) is 52.7 Å². The van der Waals surface area contributed by atoms with E-state index in [9.17, 15) is 19.2 Å². The van der Waals surface area contributed by atoms with Gasteiger partial charge in [0.2, 0.25) is 6.79 Å². The average Bonchev–Trinajstić information content (AvgIpc) is 3.60. The molecule has 2 saturated heterocycles. The van der Waals surface area contributed by atoms with Crippen LogP contribution in [0.1, 0.15) is 35.6 Å². The normalized spacial score (nSPS) is 17.1. The first kappa shape index (κ1) is 29.7. The van der Waals surface area contributed by atoms with Crippen LogP contribution in [0.3, 0.4) is 0 Å². The zero-order valence-corrected chi connectivity index (χ0v) is 26.0. The molecule has 3 aromatic rings. The number of thiocarbonyl (C=S) groups is 1. The molecule has 2 fully saturated rings. The first-order valence-corrected chi connectivity index (χ1v) is 15.6. The lowest BCUT2D eigenvalue weighted by Crippen LogP contribution is -2.49. The predicted molar refractivity (Wildman–Crippen MR) is 173 cm³/mol. The number of benzene rings is 2. The van der Waals surface area contributed by atoms with Gasteiger partial charge in [0.25, 0.3) is 11.5 Å². The van der Waals surface area contributed by atoms with Gasteiger partial charge >= 0.3 is 0 Å². The summed E-state index contributed by atoms with van der Waals surface area (Å²) in [7, 11) is 0. The molecule has 3 aliphatic heterocycles. The zero-order valence-electron chi connectivity index (χ0n) is 24.3. The van der Waals surface area contributed by atoms with E-state index in [2.05, 4.69) is 11.0 Å². The highest BCUT2D eigenvalue weighted by Crippen LogP contribution is 2.38. The van der Waals surface area contributed by atoms with E-state index in [-0.39, 0.29) is 36.2 Å². The van der Waals surface area contributed by atoms with E-state index in [0.29, 0.717) is 82.5 Å². The van der Waals surface area contributed by atoms with E-state index in [1.54, 1.807) is 34.6 Å². The van der Waals surface area contributed by atoms with Crippen LogP contribution in [-0.2, 0) is 17.9 Å². The number of thioether (sulfide) groups is 1.